The van der Waals surface area contributed by atoms with E-state index in [4.69, 9.17) is 4.74 Å². The standard InChI is InChI=1S/C20H24N4O3S/c25-18(12-15-13-28-20(21-15)24-8-10-27-11-9-24)22-23-19(26)17-7-3-5-14-4-1-2-6-16(14)17/h1-2,4,6,13,17H,3,5,7-12H2,(H,22,25)(H,23,26)/t17-/m0/s1. The Hall–Kier alpha value is -2.45. The van der Waals surface area contributed by atoms with Gasteiger partial charge in [-0.05, 0) is 30.4 Å². The van der Waals surface area contributed by atoms with Gasteiger partial charge in [0, 0.05) is 18.5 Å². The minimum absolute atomic E-state index is 0.141. The summed E-state index contributed by atoms with van der Waals surface area (Å²) >= 11 is 1.53. The fourth-order valence-electron chi connectivity index (χ4n) is 3.73. The monoisotopic (exact) mass is 400 g/mol. The van der Waals surface area contributed by atoms with E-state index in [1.165, 1.54) is 16.9 Å². The molecule has 8 heteroatoms. The molecule has 2 aromatic rings. The quantitative estimate of drug-likeness (QED) is 0.765. The molecule has 2 aliphatic rings. The fraction of sp³-hybridized carbons (Fsp3) is 0.450. The van der Waals surface area contributed by atoms with Crippen LogP contribution in [0, 0.1) is 0 Å². The third-order valence-electron chi connectivity index (χ3n) is 5.17. The van der Waals surface area contributed by atoms with Gasteiger partial charge in [-0.3, -0.25) is 20.4 Å². The van der Waals surface area contributed by atoms with Crippen LogP contribution >= 0.6 is 11.3 Å². The van der Waals surface area contributed by atoms with Gasteiger partial charge in [0.2, 0.25) is 11.8 Å². The molecular formula is C20H24N4O3S. The van der Waals surface area contributed by atoms with Gasteiger partial charge in [0.05, 0.1) is 31.2 Å². The highest BCUT2D eigenvalue weighted by Crippen LogP contribution is 2.31. The van der Waals surface area contributed by atoms with Crippen molar-refractivity contribution >= 4 is 28.3 Å². The Morgan fingerprint density at radius 2 is 2.04 bits per heavy atom. The van der Waals surface area contributed by atoms with Crippen molar-refractivity contribution in [1.29, 1.82) is 0 Å². The molecule has 1 aliphatic carbocycles. The number of fused-ring (bicyclic) bond motifs is 1. The molecule has 2 amide bonds. The van der Waals surface area contributed by atoms with Gasteiger partial charge in [-0.25, -0.2) is 4.98 Å². The van der Waals surface area contributed by atoms with Crippen molar-refractivity contribution in [3.8, 4) is 0 Å². The van der Waals surface area contributed by atoms with Crippen LogP contribution < -0.4 is 15.8 Å². The number of hydrogen-bond acceptors (Lipinski definition) is 6. The van der Waals surface area contributed by atoms with Gasteiger partial charge < -0.3 is 9.64 Å². The Balaban J connectivity index is 1.29. The minimum atomic E-state index is -0.267. The van der Waals surface area contributed by atoms with Crippen LogP contribution in [0.2, 0.25) is 0 Å². The van der Waals surface area contributed by atoms with Crippen molar-refractivity contribution in [3.63, 3.8) is 0 Å². The lowest BCUT2D eigenvalue weighted by Crippen LogP contribution is -2.45. The first kappa shape index (κ1) is 18.9. The second-order valence-electron chi connectivity index (χ2n) is 7.08. The number of benzene rings is 1. The van der Waals surface area contributed by atoms with Crippen LogP contribution in [0.25, 0.3) is 0 Å². The van der Waals surface area contributed by atoms with Gasteiger partial charge in [-0.2, -0.15) is 0 Å². The average Bonchev–Trinajstić information content (AvgIpc) is 3.20. The number of hydrogen-bond donors (Lipinski definition) is 2. The second-order valence-corrected chi connectivity index (χ2v) is 7.92. The maximum absolute atomic E-state index is 12.6. The molecule has 2 heterocycles. The summed E-state index contributed by atoms with van der Waals surface area (Å²) in [5, 5.41) is 2.80. The number of rotatable bonds is 4. The van der Waals surface area contributed by atoms with Crippen molar-refractivity contribution in [1.82, 2.24) is 15.8 Å². The Kier molecular flexibility index (Phi) is 5.87. The Bertz CT molecular complexity index is 847. The van der Waals surface area contributed by atoms with Crippen molar-refractivity contribution < 1.29 is 14.3 Å². The summed E-state index contributed by atoms with van der Waals surface area (Å²) in [4.78, 5) is 31.5. The van der Waals surface area contributed by atoms with Crippen LogP contribution in [0.1, 0.15) is 35.6 Å². The zero-order valence-corrected chi connectivity index (χ0v) is 16.5. The van der Waals surface area contributed by atoms with Gasteiger partial charge in [0.25, 0.3) is 0 Å². The summed E-state index contributed by atoms with van der Waals surface area (Å²) < 4.78 is 5.35. The maximum atomic E-state index is 12.6. The number of carbonyl (C=O) groups excluding carboxylic acids is 2. The third kappa shape index (κ3) is 4.34. The number of amides is 2. The normalized spacial score (nSPS) is 19.0. The van der Waals surface area contributed by atoms with Gasteiger partial charge in [-0.15, -0.1) is 11.3 Å². The van der Waals surface area contributed by atoms with Crippen LogP contribution in [0.4, 0.5) is 5.13 Å². The molecule has 0 unspecified atom stereocenters. The number of hydrazine groups is 1. The molecule has 28 heavy (non-hydrogen) atoms. The topological polar surface area (TPSA) is 83.6 Å². The lowest BCUT2D eigenvalue weighted by atomic mass is 9.82. The van der Waals surface area contributed by atoms with Crippen molar-refractivity contribution in [2.45, 2.75) is 31.6 Å². The molecule has 1 aromatic heterocycles. The number of carbonyl (C=O) groups is 2. The number of ether oxygens (including phenoxy) is 1. The number of aromatic nitrogens is 1. The molecule has 0 saturated carbocycles. The molecule has 148 valence electrons. The highest BCUT2D eigenvalue weighted by molar-refractivity contribution is 7.13. The second kappa shape index (κ2) is 8.70. The molecular weight excluding hydrogens is 376 g/mol. The fourth-order valence-corrected chi connectivity index (χ4v) is 4.61. The number of nitrogens with one attached hydrogen (secondary N) is 2. The SMILES string of the molecule is O=C(Cc1csc(N2CCOCC2)n1)NNC(=O)[C@H]1CCCc2ccccc21. The Morgan fingerprint density at radius 1 is 1.21 bits per heavy atom. The lowest BCUT2D eigenvalue weighted by Gasteiger charge is -2.26. The van der Waals surface area contributed by atoms with E-state index in [0.717, 1.165) is 43.0 Å². The first-order valence-electron chi connectivity index (χ1n) is 9.64. The van der Waals surface area contributed by atoms with Crippen molar-refractivity contribution in [2.24, 2.45) is 0 Å². The molecule has 0 bridgehead atoms. The van der Waals surface area contributed by atoms with Crippen molar-refractivity contribution in [3.05, 3.63) is 46.5 Å². The Labute approximate surface area is 168 Å². The largest absolute Gasteiger partial charge is 0.378 e. The van der Waals surface area contributed by atoms with Crippen LogP contribution in [-0.4, -0.2) is 43.1 Å². The average molecular weight is 401 g/mol. The number of thiazole rings is 1. The van der Waals surface area contributed by atoms with Gasteiger partial charge in [0.15, 0.2) is 5.13 Å². The first-order valence-corrected chi connectivity index (χ1v) is 10.5. The smallest absolute Gasteiger partial charge is 0.245 e. The summed E-state index contributed by atoms with van der Waals surface area (Å²) in [5.74, 6) is -0.637. The number of nitrogens with zero attached hydrogens (tertiary/aromatic N) is 2. The lowest BCUT2D eigenvalue weighted by molar-refractivity contribution is -0.129. The van der Waals surface area contributed by atoms with E-state index in [2.05, 4.69) is 26.8 Å². The van der Waals surface area contributed by atoms with Crippen LogP contribution in [0.15, 0.2) is 29.6 Å². The van der Waals surface area contributed by atoms with E-state index in [9.17, 15) is 9.59 Å². The summed E-state index contributed by atoms with van der Waals surface area (Å²) in [6.07, 6.45) is 2.92. The highest BCUT2D eigenvalue weighted by Gasteiger charge is 2.26. The molecule has 2 N–H and O–H groups in total. The number of anilines is 1. The van der Waals surface area contributed by atoms with E-state index < -0.39 is 0 Å². The molecule has 1 aromatic carbocycles. The zero-order chi connectivity index (χ0) is 19.3. The summed E-state index contributed by atoms with van der Waals surface area (Å²) in [6.45, 7) is 3.04. The molecule has 1 aliphatic heterocycles. The summed E-state index contributed by atoms with van der Waals surface area (Å²) in [7, 11) is 0. The molecule has 1 fully saturated rings. The number of morpholine rings is 1. The summed E-state index contributed by atoms with van der Waals surface area (Å²) in [6, 6.07) is 8.03. The predicted molar refractivity (Wildman–Crippen MR) is 107 cm³/mol. The molecule has 1 saturated heterocycles. The molecule has 1 atom stereocenters. The van der Waals surface area contributed by atoms with Crippen LogP contribution in [-0.2, 0) is 27.2 Å². The van der Waals surface area contributed by atoms with Crippen LogP contribution in [0.5, 0.6) is 0 Å². The van der Waals surface area contributed by atoms with E-state index in [1.54, 1.807) is 0 Å². The molecule has 4 rings (SSSR count). The highest BCUT2D eigenvalue weighted by atomic mass is 32.1. The van der Waals surface area contributed by atoms with E-state index in [-0.39, 0.29) is 24.2 Å². The zero-order valence-electron chi connectivity index (χ0n) is 15.6. The van der Waals surface area contributed by atoms with Crippen molar-refractivity contribution in [2.75, 3.05) is 31.2 Å². The molecule has 0 radical (unpaired) electrons. The molecule has 7 nitrogen and oxygen atoms in total. The third-order valence-corrected chi connectivity index (χ3v) is 6.12. The Morgan fingerprint density at radius 3 is 2.89 bits per heavy atom. The van der Waals surface area contributed by atoms with Gasteiger partial charge in [0.1, 0.15) is 0 Å². The number of aryl methyl sites for hydroxylation is 1. The maximum Gasteiger partial charge on any atom is 0.245 e. The van der Waals surface area contributed by atoms with Crippen LogP contribution in [0.3, 0.4) is 0 Å². The minimum Gasteiger partial charge on any atom is -0.378 e. The first-order chi connectivity index (χ1) is 13.7. The van der Waals surface area contributed by atoms with E-state index in [1.807, 2.05) is 23.6 Å². The van der Waals surface area contributed by atoms with Gasteiger partial charge in [-0.1, -0.05) is 24.3 Å². The predicted octanol–water partition coefficient (Wildman–Crippen LogP) is 1.79. The molecule has 0 spiro atoms. The van der Waals surface area contributed by atoms with E-state index in [0.29, 0.717) is 18.9 Å². The summed E-state index contributed by atoms with van der Waals surface area (Å²) in [5.41, 5.74) is 8.13. The van der Waals surface area contributed by atoms with Gasteiger partial charge >= 0.3 is 0 Å². The van der Waals surface area contributed by atoms with E-state index >= 15 is 0 Å².